The summed E-state index contributed by atoms with van der Waals surface area (Å²) in [5.41, 5.74) is 1.04. The van der Waals surface area contributed by atoms with Gasteiger partial charge in [0, 0.05) is 5.56 Å². The molecule has 0 radical (unpaired) electrons. The molecule has 0 aliphatic heterocycles. The van der Waals surface area contributed by atoms with Gasteiger partial charge in [-0.15, -0.1) is 10.2 Å². The van der Waals surface area contributed by atoms with Crippen LogP contribution in [-0.4, -0.2) is 28.1 Å². The third-order valence-corrected chi connectivity index (χ3v) is 4.25. The maximum Gasteiger partial charge on any atom is 0.329 e. The Labute approximate surface area is 166 Å². The number of hydrogen-bond donors (Lipinski definition) is 1. The van der Waals surface area contributed by atoms with E-state index in [0.29, 0.717) is 10.9 Å². The molecule has 7 nitrogen and oxygen atoms in total. The molecule has 0 aliphatic carbocycles. The fourth-order valence-electron chi connectivity index (χ4n) is 2.40. The van der Waals surface area contributed by atoms with Crippen molar-refractivity contribution in [1.29, 1.82) is 0 Å². The first-order chi connectivity index (χ1) is 13.5. The number of nitrogens with one attached hydrogen (secondary N) is 1. The molecule has 0 bridgehead atoms. The van der Waals surface area contributed by atoms with Crippen LogP contribution in [0.15, 0.2) is 59.0 Å². The van der Waals surface area contributed by atoms with E-state index in [2.05, 4.69) is 15.5 Å². The highest BCUT2D eigenvalue weighted by Crippen LogP contribution is 2.22. The zero-order valence-corrected chi connectivity index (χ0v) is 16.0. The van der Waals surface area contributed by atoms with E-state index in [1.54, 1.807) is 31.2 Å². The van der Waals surface area contributed by atoms with Crippen molar-refractivity contribution in [2.75, 3.05) is 0 Å². The fraction of sp³-hybridized carbons (Fsp3) is 0.200. The molecular weight excluding hydrogens is 382 g/mol. The van der Waals surface area contributed by atoms with Crippen molar-refractivity contribution in [3.8, 4) is 11.5 Å². The van der Waals surface area contributed by atoms with Gasteiger partial charge >= 0.3 is 5.97 Å². The van der Waals surface area contributed by atoms with Gasteiger partial charge in [0.15, 0.2) is 6.10 Å². The summed E-state index contributed by atoms with van der Waals surface area (Å²) in [5, 5.41) is 10.8. The number of carbonyl (C=O) groups excluding carboxylic acids is 2. The average molecular weight is 400 g/mol. The summed E-state index contributed by atoms with van der Waals surface area (Å²) in [6, 6.07) is 14.9. The Morgan fingerprint density at radius 3 is 2.43 bits per heavy atom. The van der Waals surface area contributed by atoms with Crippen LogP contribution in [0.1, 0.15) is 36.2 Å². The number of esters is 1. The van der Waals surface area contributed by atoms with Crippen LogP contribution >= 0.6 is 11.6 Å². The van der Waals surface area contributed by atoms with Crippen molar-refractivity contribution < 1.29 is 18.7 Å². The topological polar surface area (TPSA) is 94.3 Å². The van der Waals surface area contributed by atoms with Gasteiger partial charge in [-0.3, -0.25) is 4.79 Å². The normalized spacial score (nSPS) is 12.8. The average Bonchev–Trinajstić information content (AvgIpc) is 3.19. The number of benzene rings is 2. The zero-order valence-electron chi connectivity index (χ0n) is 15.3. The highest BCUT2D eigenvalue weighted by Gasteiger charge is 2.24. The van der Waals surface area contributed by atoms with E-state index >= 15 is 0 Å². The summed E-state index contributed by atoms with van der Waals surface area (Å²) < 4.78 is 10.9. The molecule has 0 fully saturated rings. The number of ether oxygens (including phenoxy) is 1. The maximum absolute atomic E-state index is 12.3. The molecule has 8 heteroatoms. The summed E-state index contributed by atoms with van der Waals surface area (Å²) in [5.74, 6) is -0.602. The van der Waals surface area contributed by atoms with Crippen LogP contribution in [0.3, 0.4) is 0 Å². The summed E-state index contributed by atoms with van der Waals surface area (Å²) in [7, 11) is 0. The Morgan fingerprint density at radius 1 is 1.04 bits per heavy atom. The second-order valence-corrected chi connectivity index (χ2v) is 6.47. The molecular formula is C20H18ClN3O4. The maximum atomic E-state index is 12.3. The first-order valence-corrected chi connectivity index (χ1v) is 8.98. The molecule has 3 aromatic rings. The van der Waals surface area contributed by atoms with Crippen molar-refractivity contribution in [2.24, 2.45) is 0 Å². The molecule has 28 heavy (non-hydrogen) atoms. The molecule has 144 valence electrons. The Morgan fingerprint density at radius 2 is 1.71 bits per heavy atom. The molecule has 0 unspecified atom stereocenters. The van der Waals surface area contributed by atoms with Crippen LogP contribution in [0.4, 0.5) is 0 Å². The number of nitrogens with zero attached hydrogens (tertiary/aromatic N) is 2. The highest BCUT2D eigenvalue weighted by molar-refractivity contribution is 6.33. The minimum atomic E-state index is -0.886. The second-order valence-electron chi connectivity index (χ2n) is 6.07. The zero-order chi connectivity index (χ0) is 20.1. The number of aromatic nitrogens is 2. The first-order valence-electron chi connectivity index (χ1n) is 8.60. The molecule has 1 N–H and O–H groups in total. The lowest BCUT2D eigenvalue weighted by atomic mass is 10.2. The van der Waals surface area contributed by atoms with Crippen LogP contribution in [0, 0.1) is 0 Å². The van der Waals surface area contributed by atoms with E-state index in [1.165, 1.54) is 6.92 Å². The molecule has 2 atom stereocenters. The first kappa shape index (κ1) is 19.6. The highest BCUT2D eigenvalue weighted by atomic mass is 35.5. The van der Waals surface area contributed by atoms with E-state index in [-0.39, 0.29) is 11.5 Å². The molecule has 3 rings (SSSR count). The van der Waals surface area contributed by atoms with E-state index in [1.807, 2.05) is 30.3 Å². The van der Waals surface area contributed by atoms with Gasteiger partial charge in [-0.05, 0) is 38.1 Å². The van der Waals surface area contributed by atoms with Crippen molar-refractivity contribution >= 4 is 23.5 Å². The molecule has 2 aromatic carbocycles. The summed E-state index contributed by atoms with van der Waals surface area (Å²) in [4.78, 5) is 24.5. The van der Waals surface area contributed by atoms with Crippen molar-refractivity contribution in [3.05, 3.63) is 71.1 Å². The van der Waals surface area contributed by atoms with Gasteiger partial charge < -0.3 is 14.5 Å². The molecule has 1 aromatic heterocycles. The molecule has 1 heterocycles. The third-order valence-electron chi connectivity index (χ3n) is 3.92. The molecule has 0 spiro atoms. The van der Waals surface area contributed by atoms with Gasteiger partial charge in [0.25, 0.3) is 11.8 Å². The Bertz CT molecular complexity index is 974. The minimum absolute atomic E-state index is 0.164. The van der Waals surface area contributed by atoms with Crippen LogP contribution in [0.25, 0.3) is 11.5 Å². The standard InChI is InChI=1S/C20H18ClN3O4/c1-12(22-17(25)15-10-6-7-11-16(15)21)20(26)27-13(2)18-23-24-19(28-18)14-8-4-3-5-9-14/h3-13H,1-2H3,(H,22,25)/t12-,13+/m0/s1. The van der Waals surface area contributed by atoms with Gasteiger partial charge in [0.1, 0.15) is 6.04 Å². The smallest absolute Gasteiger partial charge is 0.329 e. The fourth-order valence-corrected chi connectivity index (χ4v) is 2.62. The lowest BCUT2D eigenvalue weighted by Crippen LogP contribution is -2.40. The summed E-state index contributed by atoms with van der Waals surface area (Å²) in [6.45, 7) is 3.13. The lowest BCUT2D eigenvalue weighted by Gasteiger charge is -2.16. The summed E-state index contributed by atoms with van der Waals surface area (Å²) >= 11 is 5.99. The monoisotopic (exact) mass is 399 g/mol. The van der Waals surface area contributed by atoms with E-state index in [4.69, 9.17) is 20.8 Å². The number of amides is 1. The van der Waals surface area contributed by atoms with E-state index in [9.17, 15) is 9.59 Å². The van der Waals surface area contributed by atoms with Gasteiger partial charge in [-0.2, -0.15) is 0 Å². The Hall–Kier alpha value is -3.19. The Balaban J connectivity index is 1.60. The van der Waals surface area contributed by atoms with Crippen LogP contribution in [0.5, 0.6) is 0 Å². The number of rotatable bonds is 6. The quantitative estimate of drug-likeness (QED) is 0.633. The van der Waals surface area contributed by atoms with Crippen molar-refractivity contribution in [3.63, 3.8) is 0 Å². The van der Waals surface area contributed by atoms with Crippen LogP contribution < -0.4 is 5.32 Å². The van der Waals surface area contributed by atoms with Crippen LogP contribution in [-0.2, 0) is 9.53 Å². The molecule has 0 aliphatic rings. The van der Waals surface area contributed by atoms with Gasteiger partial charge in [-0.25, -0.2) is 4.79 Å². The lowest BCUT2D eigenvalue weighted by molar-refractivity contribution is -0.151. The van der Waals surface area contributed by atoms with Crippen LogP contribution in [0.2, 0.25) is 5.02 Å². The summed E-state index contributed by atoms with van der Waals surface area (Å²) in [6.07, 6.45) is -0.767. The number of halogens is 1. The van der Waals surface area contributed by atoms with E-state index in [0.717, 1.165) is 5.56 Å². The SMILES string of the molecule is C[C@H](NC(=O)c1ccccc1Cl)C(=O)O[C@H](C)c1nnc(-c2ccccc2)o1. The Kier molecular flexibility index (Phi) is 6.06. The molecule has 0 saturated carbocycles. The predicted octanol–water partition coefficient (Wildman–Crippen LogP) is 3.81. The third kappa shape index (κ3) is 4.55. The largest absolute Gasteiger partial charge is 0.451 e. The van der Waals surface area contributed by atoms with Gasteiger partial charge in [-0.1, -0.05) is 41.9 Å². The van der Waals surface area contributed by atoms with E-state index < -0.39 is 24.0 Å². The van der Waals surface area contributed by atoms with Gasteiger partial charge in [0.2, 0.25) is 5.89 Å². The van der Waals surface area contributed by atoms with Crippen molar-refractivity contribution in [2.45, 2.75) is 26.0 Å². The number of carbonyl (C=O) groups is 2. The molecule has 1 amide bonds. The van der Waals surface area contributed by atoms with Crippen molar-refractivity contribution in [1.82, 2.24) is 15.5 Å². The number of hydrogen-bond acceptors (Lipinski definition) is 6. The minimum Gasteiger partial charge on any atom is -0.451 e. The predicted molar refractivity (Wildman–Crippen MR) is 103 cm³/mol. The van der Waals surface area contributed by atoms with Gasteiger partial charge in [0.05, 0.1) is 10.6 Å². The molecule has 0 saturated heterocycles. The second kappa shape index (κ2) is 8.67.